The Labute approximate surface area is 110 Å². The van der Waals surface area contributed by atoms with Crippen LogP contribution in [0.2, 0.25) is 0 Å². The quantitative estimate of drug-likeness (QED) is 0.913. The van der Waals surface area contributed by atoms with Gasteiger partial charge in [0.2, 0.25) is 0 Å². The molecular weight excluding hydrogens is 280 g/mol. The topological polar surface area (TPSA) is 46.0 Å². The van der Waals surface area contributed by atoms with E-state index in [9.17, 15) is 5.11 Å². The fourth-order valence-corrected chi connectivity index (χ4v) is 3.63. The summed E-state index contributed by atoms with van der Waals surface area (Å²) in [5.74, 6) is 1.01. The summed E-state index contributed by atoms with van der Waals surface area (Å²) in [5, 5.41) is 9.52. The lowest BCUT2D eigenvalue weighted by molar-refractivity contribution is -0.00982. The van der Waals surface area contributed by atoms with E-state index >= 15 is 0 Å². The second-order valence-electron chi connectivity index (χ2n) is 5.66. The van der Waals surface area contributed by atoms with Crippen LogP contribution in [0, 0.1) is 5.41 Å². The molecule has 1 aromatic heterocycles. The van der Waals surface area contributed by atoms with Gasteiger partial charge in [0.25, 0.3) is 0 Å². The molecule has 1 heterocycles. The second kappa shape index (κ2) is 4.02. The highest BCUT2D eigenvalue weighted by Gasteiger charge is 2.50. The van der Waals surface area contributed by atoms with Gasteiger partial charge in [-0.2, -0.15) is 0 Å². The molecule has 0 spiro atoms. The van der Waals surface area contributed by atoms with E-state index in [1.807, 2.05) is 12.4 Å². The minimum absolute atomic E-state index is 0.192. The summed E-state index contributed by atoms with van der Waals surface area (Å²) in [4.78, 5) is 9.00. The molecule has 4 heteroatoms. The van der Waals surface area contributed by atoms with Crippen LogP contribution in [0.5, 0.6) is 0 Å². The molecule has 3 aliphatic rings. The second-order valence-corrected chi connectivity index (χ2v) is 6.58. The molecule has 3 nitrogen and oxygen atoms in total. The average molecular weight is 297 g/mol. The number of rotatable bonds is 2. The Morgan fingerprint density at radius 3 is 2.06 bits per heavy atom. The zero-order chi connectivity index (χ0) is 11.9. The first-order chi connectivity index (χ1) is 8.18. The van der Waals surface area contributed by atoms with E-state index in [1.54, 1.807) is 0 Å². The maximum atomic E-state index is 9.52. The molecule has 0 radical (unpaired) electrons. The summed E-state index contributed by atoms with van der Waals surface area (Å²) in [6.45, 7) is 0.351. The van der Waals surface area contributed by atoms with Gasteiger partial charge in [-0.1, -0.05) is 0 Å². The van der Waals surface area contributed by atoms with Gasteiger partial charge >= 0.3 is 0 Å². The molecule has 1 N–H and O–H groups in total. The van der Waals surface area contributed by atoms with Gasteiger partial charge in [0.15, 0.2) is 0 Å². The van der Waals surface area contributed by atoms with Crippen molar-refractivity contribution < 1.29 is 5.11 Å². The third kappa shape index (κ3) is 1.82. The van der Waals surface area contributed by atoms with E-state index in [2.05, 4.69) is 25.9 Å². The normalized spacial score (nSPS) is 36.1. The van der Waals surface area contributed by atoms with Crippen LogP contribution < -0.4 is 0 Å². The molecule has 2 bridgehead atoms. The van der Waals surface area contributed by atoms with Crippen molar-refractivity contribution in [2.45, 2.75) is 43.9 Å². The number of aromatic nitrogens is 2. The molecule has 0 unspecified atom stereocenters. The Hall–Kier alpha value is -0.480. The van der Waals surface area contributed by atoms with Crippen molar-refractivity contribution in [3.05, 3.63) is 22.7 Å². The first-order valence-corrected chi connectivity index (χ1v) is 7.06. The molecule has 1 aromatic rings. The Kier molecular flexibility index (Phi) is 2.75. The fourth-order valence-electron chi connectivity index (χ4n) is 3.42. The van der Waals surface area contributed by atoms with E-state index in [1.165, 1.54) is 0 Å². The van der Waals surface area contributed by atoms with Crippen molar-refractivity contribution in [1.82, 2.24) is 9.97 Å². The highest BCUT2D eigenvalue weighted by molar-refractivity contribution is 9.10. The highest BCUT2D eigenvalue weighted by Crippen LogP contribution is 2.56. The highest BCUT2D eigenvalue weighted by atomic mass is 79.9. The number of nitrogens with zero attached hydrogens (tertiary/aromatic N) is 2. The Balaban J connectivity index is 1.88. The maximum absolute atomic E-state index is 9.52. The van der Waals surface area contributed by atoms with Crippen molar-refractivity contribution in [3.63, 3.8) is 0 Å². The summed E-state index contributed by atoms with van der Waals surface area (Å²) in [7, 11) is 0. The van der Waals surface area contributed by atoms with Crippen LogP contribution in [0.4, 0.5) is 0 Å². The first kappa shape index (κ1) is 11.6. The molecule has 0 atom stereocenters. The van der Waals surface area contributed by atoms with Crippen molar-refractivity contribution in [2.24, 2.45) is 5.41 Å². The van der Waals surface area contributed by atoms with Gasteiger partial charge < -0.3 is 5.11 Å². The smallest absolute Gasteiger partial charge is 0.134 e. The van der Waals surface area contributed by atoms with Crippen LogP contribution in [-0.2, 0) is 5.41 Å². The van der Waals surface area contributed by atoms with Gasteiger partial charge in [-0.25, -0.2) is 9.97 Å². The largest absolute Gasteiger partial charge is 0.396 e. The zero-order valence-electron chi connectivity index (χ0n) is 9.82. The van der Waals surface area contributed by atoms with Gasteiger partial charge in [-0.05, 0) is 59.9 Å². The average Bonchev–Trinajstić information content (AvgIpc) is 2.41. The number of aliphatic hydroxyl groups excluding tert-OH is 1. The molecule has 3 saturated carbocycles. The molecular formula is C13H17BrN2O. The minimum atomic E-state index is 0.192. The van der Waals surface area contributed by atoms with Gasteiger partial charge in [0, 0.05) is 24.4 Å². The number of aliphatic hydroxyl groups is 1. The van der Waals surface area contributed by atoms with Crippen LogP contribution in [0.25, 0.3) is 0 Å². The van der Waals surface area contributed by atoms with Crippen molar-refractivity contribution in [1.29, 1.82) is 0 Å². The van der Waals surface area contributed by atoms with Crippen molar-refractivity contribution in [3.8, 4) is 0 Å². The zero-order valence-corrected chi connectivity index (χ0v) is 11.4. The van der Waals surface area contributed by atoms with E-state index in [-0.39, 0.29) is 10.8 Å². The van der Waals surface area contributed by atoms with E-state index in [4.69, 9.17) is 0 Å². The minimum Gasteiger partial charge on any atom is -0.396 e. The van der Waals surface area contributed by atoms with Crippen LogP contribution in [0.3, 0.4) is 0 Å². The Morgan fingerprint density at radius 2 is 1.59 bits per heavy atom. The lowest BCUT2D eigenvalue weighted by Gasteiger charge is -2.52. The Bertz CT molecular complexity index is 393. The van der Waals surface area contributed by atoms with Crippen molar-refractivity contribution in [2.75, 3.05) is 6.61 Å². The summed E-state index contributed by atoms with van der Waals surface area (Å²) in [5.41, 5.74) is 0.411. The van der Waals surface area contributed by atoms with Gasteiger partial charge in [-0.15, -0.1) is 0 Å². The number of hydrogen-bond donors (Lipinski definition) is 1. The molecule has 17 heavy (non-hydrogen) atoms. The lowest BCUT2D eigenvalue weighted by atomic mass is 9.53. The molecule has 92 valence electrons. The predicted molar refractivity (Wildman–Crippen MR) is 68.6 cm³/mol. The molecule has 0 amide bonds. The molecule has 3 fully saturated rings. The van der Waals surface area contributed by atoms with Crippen LogP contribution in [-0.4, -0.2) is 21.7 Å². The van der Waals surface area contributed by atoms with Crippen molar-refractivity contribution >= 4 is 15.9 Å². The lowest BCUT2D eigenvalue weighted by Crippen LogP contribution is -2.46. The summed E-state index contributed by atoms with van der Waals surface area (Å²) in [6.07, 6.45) is 10.5. The van der Waals surface area contributed by atoms with Crippen LogP contribution in [0.15, 0.2) is 16.9 Å². The number of halogens is 1. The Morgan fingerprint density at radius 1 is 1.06 bits per heavy atom. The van der Waals surface area contributed by atoms with Gasteiger partial charge in [0.1, 0.15) is 5.82 Å². The molecule has 3 aliphatic carbocycles. The standard InChI is InChI=1S/C13H17BrN2O/c14-10-7-15-11(16-8-10)13-4-1-12(9-17,2-5-13)3-6-13/h7-8,17H,1-6,9H2. The van der Waals surface area contributed by atoms with E-state index < -0.39 is 0 Å². The van der Waals surface area contributed by atoms with E-state index in [0.717, 1.165) is 48.8 Å². The monoisotopic (exact) mass is 296 g/mol. The SMILES string of the molecule is OCC12CCC(c3ncc(Br)cn3)(CC1)CC2. The van der Waals surface area contributed by atoms with Crippen LogP contribution >= 0.6 is 15.9 Å². The summed E-state index contributed by atoms with van der Waals surface area (Å²) < 4.78 is 0.939. The third-order valence-electron chi connectivity index (χ3n) is 4.83. The number of hydrogen-bond acceptors (Lipinski definition) is 3. The summed E-state index contributed by atoms with van der Waals surface area (Å²) >= 11 is 3.38. The molecule has 0 aliphatic heterocycles. The predicted octanol–water partition coefficient (Wildman–Crippen LogP) is 2.82. The molecule has 0 saturated heterocycles. The fraction of sp³-hybridized carbons (Fsp3) is 0.692. The third-order valence-corrected chi connectivity index (χ3v) is 5.24. The molecule has 0 aromatic carbocycles. The summed E-state index contributed by atoms with van der Waals surface area (Å²) in [6, 6.07) is 0. The molecule has 4 rings (SSSR count). The van der Waals surface area contributed by atoms with Crippen LogP contribution in [0.1, 0.15) is 44.3 Å². The first-order valence-electron chi connectivity index (χ1n) is 6.27. The van der Waals surface area contributed by atoms with E-state index in [0.29, 0.717) is 6.61 Å². The van der Waals surface area contributed by atoms with Gasteiger partial charge in [0.05, 0.1) is 4.47 Å². The number of fused-ring (bicyclic) bond motifs is 3. The maximum Gasteiger partial charge on any atom is 0.134 e. The van der Waals surface area contributed by atoms with Gasteiger partial charge in [-0.3, -0.25) is 0 Å².